The minimum absolute atomic E-state index is 0.194. The van der Waals surface area contributed by atoms with Gasteiger partial charge in [0.1, 0.15) is 0 Å². The van der Waals surface area contributed by atoms with Gasteiger partial charge in [0.2, 0.25) is 0 Å². The lowest BCUT2D eigenvalue weighted by Gasteiger charge is -2.21. The van der Waals surface area contributed by atoms with Crippen LogP contribution in [0.3, 0.4) is 0 Å². The number of ether oxygens (including phenoxy) is 2. The van der Waals surface area contributed by atoms with Crippen LogP contribution >= 0.6 is 0 Å². The van der Waals surface area contributed by atoms with Crippen LogP contribution in [0.25, 0.3) is 0 Å². The zero-order chi connectivity index (χ0) is 12.0. The Morgan fingerprint density at radius 3 is 3.00 bits per heavy atom. The van der Waals surface area contributed by atoms with Crippen LogP contribution in [0.1, 0.15) is 19.3 Å². The number of nitriles is 1. The molecule has 2 radical (unpaired) electrons. The molecule has 0 N–H and O–H groups in total. The standard InChI is InChI=1S/C12H17NO3/c1-3-9-5-6-10(16-8-4-7-13)11(9)12(14)15-2/h6,9-11H,1,3-5,8H2,2H3. The molecule has 0 bridgehead atoms. The molecule has 3 atom stereocenters. The molecule has 0 amide bonds. The molecule has 1 aliphatic rings. The first-order chi connectivity index (χ1) is 7.74. The van der Waals surface area contributed by atoms with Crippen LogP contribution in [0, 0.1) is 36.5 Å². The van der Waals surface area contributed by atoms with E-state index in [1.807, 2.05) is 12.5 Å². The molecule has 1 saturated carbocycles. The van der Waals surface area contributed by atoms with Gasteiger partial charge in [0.25, 0.3) is 0 Å². The van der Waals surface area contributed by atoms with Crippen LogP contribution in [0.5, 0.6) is 0 Å². The molecule has 1 fully saturated rings. The molecular weight excluding hydrogens is 206 g/mol. The van der Waals surface area contributed by atoms with E-state index in [9.17, 15) is 4.79 Å². The van der Waals surface area contributed by atoms with Gasteiger partial charge >= 0.3 is 5.97 Å². The number of hydrogen-bond donors (Lipinski definition) is 0. The lowest BCUT2D eigenvalue weighted by atomic mass is 9.92. The number of rotatable bonds is 5. The van der Waals surface area contributed by atoms with Crippen LogP contribution in [0.2, 0.25) is 0 Å². The molecule has 1 aliphatic carbocycles. The average molecular weight is 223 g/mol. The third kappa shape index (κ3) is 2.96. The van der Waals surface area contributed by atoms with E-state index >= 15 is 0 Å². The molecule has 4 heteroatoms. The second-order valence-electron chi connectivity index (χ2n) is 3.81. The number of methoxy groups -OCH3 is 1. The molecule has 4 nitrogen and oxygen atoms in total. The Hall–Kier alpha value is -1.08. The fourth-order valence-corrected chi connectivity index (χ4v) is 2.04. The van der Waals surface area contributed by atoms with Crippen molar-refractivity contribution in [2.75, 3.05) is 13.7 Å². The smallest absolute Gasteiger partial charge is 0.311 e. The highest BCUT2D eigenvalue weighted by Crippen LogP contribution is 2.36. The molecule has 0 aromatic rings. The molecule has 1 rings (SSSR count). The van der Waals surface area contributed by atoms with Crippen molar-refractivity contribution in [1.29, 1.82) is 5.26 Å². The van der Waals surface area contributed by atoms with Crippen molar-refractivity contribution in [3.63, 3.8) is 0 Å². The van der Waals surface area contributed by atoms with Gasteiger partial charge in [0.15, 0.2) is 0 Å². The van der Waals surface area contributed by atoms with E-state index in [2.05, 4.69) is 6.92 Å². The van der Waals surface area contributed by atoms with Crippen LogP contribution < -0.4 is 0 Å². The molecule has 16 heavy (non-hydrogen) atoms. The van der Waals surface area contributed by atoms with Crippen molar-refractivity contribution < 1.29 is 14.3 Å². The summed E-state index contributed by atoms with van der Waals surface area (Å²) in [6, 6.07) is 2.01. The predicted molar refractivity (Wildman–Crippen MR) is 57.9 cm³/mol. The van der Waals surface area contributed by atoms with E-state index in [1.54, 1.807) is 0 Å². The number of hydrogen-bond acceptors (Lipinski definition) is 4. The third-order valence-corrected chi connectivity index (χ3v) is 2.90. The van der Waals surface area contributed by atoms with E-state index < -0.39 is 0 Å². The highest BCUT2D eigenvalue weighted by Gasteiger charge is 2.41. The van der Waals surface area contributed by atoms with Gasteiger partial charge in [0.05, 0.1) is 38.2 Å². The molecule has 0 spiro atoms. The van der Waals surface area contributed by atoms with Gasteiger partial charge in [-0.3, -0.25) is 4.79 Å². The van der Waals surface area contributed by atoms with E-state index in [-0.39, 0.29) is 23.9 Å². The summed E-state index contributed by atoms with van der Waals surface area (Å²) < 4.78 is 10.3. The second kappa shape index (κ2) is 6.49. The van der Waals surface area contributed by atoms with Crippen molar-refractivity contribution in [1.82, 2.24) is 0 Å². The highest BCUT2D eigenvalue weighted by atomic mass is 16.5. The normalized spacial score (nSPS) is 28.7. The maximum absolute atomic E-state index is 11.6. The van der Waals surface area contributed by atoms with Crippen molar-refractivity contribution in [2.45, 2.75) is 25.4 Å². The Balaban J connectivity index is 2.55. The summed E-state index contributed by atoms with van der Waals surface area (Å²) in [4.78, 5) is 11.6. The van der Waals surface area contributed by atoms with Crippen molar-refractivity contribution >= 4 is 5.97 Å². The summed E-state index contributed by atoms with van der Waals surface area (Å²) in [6.07, 6.45) is 3.60. The predicted octanol–water partition coefficient (Wildman–Crippen LogP) is 1.52. The summed E-state index contributed by atoms with van der Waals surface area (Å²) in [7, 11) is 1.38. The van der Waals surface area contributed by atoms with Crippen molar-refractivity contribution in [3.05, 3.63) is 13.3 Å². The second-order valence-corrected chi connectivity index (χ2v) is 3.81. The van der Waals surface area contributed by atoms with Gasteiger partial charge in [-0.1, -0.05) is 6.92 Å². The SMILES string of the molecule is [CH2]CC1C[CH]C(OCCC#N)C1C(=O)OC. The largest absolute Gasteiger partial charge is 0.469 e. The summed E-state index contributed by atoms with van der Waals surface area (Å²) in [6.45, 7) is 4.19. The summed E-state index contributed by atoms with van der Waals surface area (Å²) in [5, 5.41) is 8.42. The number of nitrogens with zero attached hydrogens (tertiary/aromatic N) is 1. The maximum Gasteiger partial charge on any atom is 0.311 e. The first-order valence-electron chi connectivity index (χ1n) is 5.43. The van der Waals surface area contributed by atoms with Gasteiger partial charge in [-0.15, -0.1) is 0 Å². The first-order valence-corrected chi connectivity index (χ1v) is 5.43. The first kappa shape index (κ1) is 13.0. The Morgan fingerprint density at radius 1 is 1.69 bits per heavy atom. The average Bonchev–Trinajstić information content (AvgIpc) is 2.71. The van der Waals surface area contributed by atoms with Gasteiger partial charge in [0, 0.05) is 0 Å². The molecule has 0 aliphatic heterocycles. The number of carbonyl (C=O) groups excluding carboxylic acids is 1. The summed E-state index contributed by atoms with van der Waals surface area (Å²) in [5.74, 6) is -0.315. The van der Waals surface area contributed by atoms with Crippen LogP contribution in [-0.4, -0.2) is 25.8 Å². The number of carbonyl (C=O) groups is 1. The fourth-order valence-electron chi connectivity index (χ4n) is 2.04. The topological polar surface area (TPSA) is 59.3 Å². The van der Waals surface area contributed by atoms with Crippen LogP contribution in [0.15, 0.2) is 0 Å². The Labute approximate surface area is 96.5 Å². The van der Waals surface area contributed by atoms with Crippen LogP contribution in [-0.2, 0) is 14.3 Å². The lowest BCUT2D eigenvalue weighted by molar-refractivity contribution is -0.151. The van der Waals surface area contributed by atoms with Gasteiger partial charge < -0.3 is 9.47 Å². The van der Waals surface area contributed by atoms with Crippen LogP contribution in [0.4, 0.5) is 0 Å². The minimum Gasteiger partial charge on any atom is -0.469 e. The maximum atomic E-state index is 11.6. The number of esters is 1. The minimum atomic E-state index is -0.263. The lowest BCUT2D eigenvalue weighted by Crippen LogP contribution is -2.31. The molecule has 0 heterocycles. The fraction of sp³-hybridized carbons (Fsp3) is 0.667. The molecular formula is C12H17NO3. The van der Waals surface area contributed by atoms with Gasteiger partial charge in [-0.25, -0.2) is 0 Å². The zero-order valence-corrected chi connectivity index (χ0v) is 9.52. The molecule has 88 valence electrons. The summed E-state index contributed by atoms with van der Waals surface area (Å²) in [5.41, 5.74) is 0. The van der Waals surface area contributed by atoms with Gasteiger partial charge in [-0.05, 0) is 25.2 Å². The molecule has 0 aromatic heterocycles. The van der Waals surface area contributed by atoms with E-state index in [1.165, 1.54) is 7.11 Å². The quantitative estimate of drug-likeness (QED) is 0.523. The van der Waals surface area contributed by atoms with Crippen molar-refractivity contribution in [3.8, 4) is 6.07 Å². The van der Waals surface area contributed by atoms with E-state index in [0.717, 1.165) is 6.42 Å². The third-order valence-electron chi connectivity index (χ3n) is 2.90. The monoisotopic (exact) mass is 223 g/mol. The Kier molecular flexibility index (Phi) is 5.27. The van der Waals surface area contributed by atoms with E-state index in [0.29, 0.717) is 19.4 Å². The molecule has 3 unspecified atom stereocenters. The highest BCUT2D eigenvalue weighted by molar-refractivity contribution is 5.74. The zero-order valence-electron chi connectivity index (χ0n) is 9.52. The Morgan fingerprint density at radius 2 is 2.44 bits per heavy atom. The summed E-state index contributed by atoms with van der Waals surface area (Å²) >= 11 is 0. The molecule has 0 saturated heterocycles. The van der Waals surface area contributed by atoms with E-state index in [4.69, 9.17) is 14.7 Å². The van der Waals surface area contributed by atoms with Gasteiger partial charge in [-0.2, -0.15) is 5.26 Å². The van der Waals surface area contributed by atoms with Crippen molar-refractivity contribution in [2.24, 2.45) is 11.8 Å². The molecule has 0 aromatic carbocycles. The Bertz CT molecular complexity index is 272.